The highest BCUT2D eigenvalue weighted by Crippen LogP contribution is 2.36. The molecule has 2 aromatic heterocycles. The zero-order valence-corrected chi connectivity index (χ0v) is 21.8. The van der Waals surface area contributed by atoms with Crippen LogP contribution in [0.15, 0.2) is 59.9 Å². The zero-order chi connectivity index (χ0) is 26.4. The molecule has 192 valence electrons. The largest absolute Gasteiger partial charge is 0.483 e. The summed E-state index contributed by atoms with van der Waals surface area (Å²) in [6, 6.07) is 13.8. The zero-order valence-electron chi connectivity index (χ0n) is 20.2. The molecule has 0 saturated carbocycles. The second kappa shape index (κ2) is 11.9. The van der Waals surface area contributed by atoms with Crippen LogP contribution in [-0.2, 0) is 30.0 Å². The Balaban J connectivity index is 0.00000102. The van der Waals surface area contributed by atoms with E-state index in [0.717, 1.165) is 33.2 Å². The normalized spacial score (nSPS) is 14.5. The lowest BCUT2D eigenvalue weighted by atomic mass is 10.2. The van der Waals surface area contributed by atoms with Gasteiger partial charge >= 0.3 is 11.6 Å². The summed E-state index contributed by atoms with van der Waals surface area (Å²) in [5, 5.41) is 1.87. The van der Waals surface area contributed by atoms with E-state index in [-0.39, 0.29) is 11.2 Å². The van der Waals surface area contributed by atoms with E-state index in [1.165, 1.54) is 5.56 Å². The SMILES string of the molecule is Cc1ccc(Oc2cc(OCc3nccn3C)c3[nH]c(C4=NCC(CC(N)=O)S4)cc3c2)cc1.O=S=O. The monoisotopic (exact) mass is 539 g/mol. The minimum atomic E-state index is -0.750. The number of imidazole rings is 1. The van der Waals surface area contributed by atoms with Gasteiger partial charge in [0, 0.05) is 42.6 Å². The summed E-state index contributed by atoms with van der Waals surface area (Å²) in [6.07, 6.45) is 3.94. The number of aryl methyl sites for hydroxylation is 2. The molecule has 0 spiro atoms. The fourth-order valence-electron chi connectivity index (χ4n) is 3.79. The smallest absolute Gasteiger partial charge is 0.335 e. The van der Waals surface area contributed by atoms with Crippen molar-refractivity contribution in [2.75, 3.05) is 6.54 Å². The fourth-order valence-corrected chi connectivity index (χ4v) is 4.89. The molecule has 0 radical (unpaired) electrons. The van der Waals surface area contributed by atoms with Crippen LogP contribution >= 0.6 is 11.8 Å². The van der Waals surface area contributed by atoms with Gasteiger partial charge in [-0.2, -0.15) is 8.42 Å². The predicted molar refractivity (Wildman–Crippen MR) is 143 cm³/mol. The fraction of sp³-hybridized carbons (Fsp3) is 0.240. The number of primary amides is 1. The van der Waals surface area contributed by atoms with E-state index in [4.69, 9.17) is 23.6 Å². The number of aromatic nitrogens is 3. The van der Waals surface area contributed by atoms with E-state index in [2.05, 4.69) is 15.0 Å². The second-order valence-electron chi connectivity index (χ2n) is 8.35. The van der Waals surface area contributed by atoms with Gasteiger partial charge in [-0.05, 0) is 31.2 Å². The van der Waals surface area contributed by atoms with Gasteiger partial charge in [-0.25, -0.2) is 4.98 Å². The molecular formula is C25H25N5O5S2. The third kappa shape index (κ3) is 6.66. The maximum absolute atomic E-state index is 11.3. The number of carbonyl (C=O) groups excluding carboxylic acids is 1. The number of benzene rings is 2. The van der Waals surface area contributed by atoms with Crippen LogP contribution in [-0.4, -0.2) is 45.7 Å². The van der Waals surface area contributed by atoms with E-state index in [0.29, 0.717) is 31.1 Å². The van der Waals surface area contributed by atoms with Crippen molar-refractivity contribution in [3.05, 3.63) is 71.9 Å². The van der Waals surface area contributed by atoms with Gasteiger partial charge in [0.05, 0.1) is 17.8 Å². The first-order valence-corrected chi connectivity index (χ1v) is 12.8. The van der Waals surface area contributed by atoms with Crippen LogP contribution in [0, 0.1) is 6.92 Å². The molecule has 1 unspecified atom stereocenters. The maximum Gasteiger partial charge on any atom is 0.335 e. The number of thioether (sulfide) groups is 1. The molecule has 0 aliphatic carbocycles. The third-order valence-electron chi connectivity index (χ3n) is 5.58. The molecule has 0 bridgehead atoms. The summed E-state index contributed by atoms with van der Waals surface area (Å²) in [5.74, 6) is 2.58. The number of aliphatic imine (C=N–C) groups is 1. The molecule has 1 aliphatic rings. The van der Waals surface area contributed by atoms with Gasteiger partial charge in [0.25, 0.3) is 0 Å². The van der Waals surface area contributed by atoms with Crippen LogP contribution in [0.4, 0.5) is 0 Å². The molecule has 2 aromatic carbocycles. The number of rotatable bonds is 8. The van der Waals surface area contributed by atoms with Crippen molar-refractivity contribution in [1.29, 1.82) is 0 Å². The minimum absolute atomic E-state index is 0.0680. The van der Waals surface area contributed by atoms with Crippen LogP contribution < -0.4 is 15.2 Å². The van der Waals surface area contributed by atoms with Crippen molar-refractivity contribution < 1.29 is 22.7 Å². The number of fused-ring (bicyclic) bond motifs is 1. The van der Waals surface area contributed by atoms with Crippen LogP contribution in [0.5, 0.6) is 17.2 Å². The highest BCUT2D eigenvalue weighted by atomic mass is 32.2. The minimum Gasteiger partial charge on any atom is -0.483 e. The van der Waals surface area contributed by atoms with Crippen molar-refractivity contribution in [2.45, 2.75) is 25.2 Å². The lowest BCUT2D eigenvalue weighted by molar-refractivity contribution is -0.117. The number of hydrogen-bond donors (Lipinski definition) is 2. The summed E-state index contributed by atoms with van der Waals surface area (Å²) < 4.78 is 30.8. The number of nitrogens with two attached hydrogens (primary N) is 1. The predicted octanol–water partition coefficient (Wildman–Crippen LogP) is 3.65. The molecule has 3 heterocycles. The summed E-state index contributed by atoms with van der Waals surface area (Å²) in [5.41, 5.74) is 8.26. The number of nitrogens with zero attached hydrogens (tertiary/aromatic N) is 3. The van der Waals surface area contributed by atoms with Crippen molar-refractivity contribution in [1.82, 2.24) is 14.5 Å². The molecule has 1 atom stereocenters. The van der Waals surface area contributed by atoms with Crippen LogP contribution in [0.1, 0.15) is 23.5 Å². The second-order valence-corrected chi connectivity index (χ2v) is 9.78. The first-order chi connectivity index (χ1) is 17.9. The number of nitrogens with one attached hydrogen (secondary N) is 1. The lowest BCUT2D eigenvalue weighted by Crippen LogP contribution is -2.18. The summed E-state index contributed by atoms with van der Waals surface area (Å²) in [7, 11) is 1.93. The standard InChI is InChI=1S/C25H25N5O3S.O2S/c1-15-3-5-17(6-4-15)33-18-9-16-10-20(25-28-13-19(34-25)12-22(26)31)29-24(16)21(11-18)32-14-23-27-7-8-30(23)2;1-3-2/h3-11,19,29H,12-14H2,1-2H3,(H2,26,31);. The first-order valence-electron chi connectivity index (χ1n) is 11.3. The van der Waals surface area contributed by atoms with Crippen molar-refractivity contribution in [2.24, 2.45) is 17.8 Å². The molecule has 10 nitrogen and oxygen atoms in total. The lowest BCUT2D eigenvalue weighted by Gasteiger charge is -2.11. The number of ether oxygens (including phenoxy) is 2. The number of hydrogen-bond acceptors (Lipinski definition) is 8. The Labute approximate surface area is 220 Å². The molecule has 0 saturated heterocycles. The highest BCUT2D eigenvalue weighted by Gasteiger charge is 2.24. The van der Waals surface area contributed by atoms with Gasteiger partial charge in [0.1, 0.15) is 34.7 Å². The highest BCUT2D eigenvalue weighted by molar-refractivity contribution is 8.15. The van der Waals surface area contributed by atoms with E-state index >= 15 is 0 Å². The van der Waals surface area contributed by atoms with E-state index < -0.39 is 11.6 Å². The van der Waals surface area contributed by atoms with Gasteiger partial charge < -0.3 is 24.8 Å². The Kier molecular flexibility index (Phi) is 8.41. The first kappa shape index (κ1) is 26.2. The Bertz CT molecular complexity index is 1470. The van der Waals surface area contributed by atoms with Crippen molar-refractivity contribution in [3.8, 4) is 17.2 Å². The Morgan fingerprint density at radius 1 is 1.22 bits per heavy atom. The Morgan fingerprint density at radius 2 is 1.97 bits per heavy atom. The van der Waals surface area contributed by atoms with E-state index in [1.807, 2.05) is 67.2 Å². The maximum atomic E-state index is 11.3. The molecule has 3 N–H and O–H groups in total. The van der Waals surface area contributed by atoms with E-state index in [1.54, 1.807) is 18.0 Å². The van der Waals surface area contributed by atoms with Crippen molar-refractivity contribution >= 4 is 45.2 Å². The van der Waals surface area contributed by atoms with Crippen molar-refractivity contribution in [3.63, 3.8) is 0 Å². The van der Waals surface area contributed by atoms with Gasteiger partial charge in [0.2, 0.25) is 5.91 Å². The van der Waals surface area contributed by atoms with Crippen LogP contribution in [0.3, 0.4) is 0 Å². The average molecular weight is 540 g/mol. The molecule has 37 heavy (non-hydrogen) atoms. The number of aromatic amines is 1. The summed E-state index contributed by atoms with van der Waals surface area (Å²) in [6.45, 7) is 2.93. The van der Waals surface area contributed by atoms with Gasteiger partial charge in [0.15, 0.2) is 0 Å². The topological polar surface area (TPSA) is 142 Å². The molecule has 12 heteroatoms. The van der Waals surface area contributed by atoms with E-state index in [9.17, 15) is 4.79 Å². The number of amides is 1. The molecule has 5 rings (SSSR count). The molecule has 1 amide bonds. The molecule has 1 aliphatic heterocycles. The third-order valence-corrected chi connectivity index (χ3v) is 6.80. The summed E-state index contributed by atoms with van der Waals surface area (Å²) in [4.78, 5) is 23.7. The Morgan fingerprint density at radius 3 is 2.65 bits per heavy atom. The van der Waals surface area contributed by atoms with Gasteiger partial charge in [-0.1, -0.05) is 29.5 Å². The summed E-state index contributed by atoms with van der Waals surface area (Å²) >= 11 is 0.817. The molecule has 4 aromatic rings. The average Bonchev–Trinajstić information content (AvgIpc) is 3.59. The number of H-pyrrole nitrogens is 1. The van der Waals surface area contributed by atoms with Gasteiger partial charge in [-0.15, -0.1) is 0 Å². The quantitative estimate of drug-likeness (QED) is 0.348. The van der Waals surface area contributed by atoms with Gasteiger partial charge in [-0.3, -0.25) is 9.79 Å². The Hall–Kier alpha value is -3.90. The number of carbonyl (C=O) groups is 1. The molecule has 0 fully saturated rings. The van der Waals surface area contributed by atoms with Crippen LogP contribution in [0.2, 0.25) is 0 Å². The van der Waals surface area contributed by atoms with Crippen LogP contribution in [0.25, 0.3) is 10.9 Å². The molecular weight excluding hydrogens is 514 g/mol.